The minimum Gasteiger partial charge on any atom is -0.504 e. The first kappa shape index (κ1) is 37.5. The van der Waals surface area contributed by atoms with E-state index in [1.807, 2.05) is 0 Å². The highest BCUT2D eigenvalue weighted by atomic mass is 16.8. The second kappa shape index (κ2) is 12.8. The van der Waals surface area contributed by atoms with Gasteiger partial charge in [0.15, 0.2) is 59.0 Å². The fourth-order valence-corrected chi connectivity index (χ4v) is 8.86. The summed E-state index contributed by atoms with van der Waals surface area (Å²) in [5, 5.41) is 93.8. The van der Waals surface area contributed by atoms with Gasteiger partial charge < -0.3 is 79.1 Å². The third-order valence-electron chi connectivity index (χ3n) is 11.6. The van der Waals surface area contributed by atoms with Crippen LogP contribution in [0.25, 0.3) is 0 Å². The predicted molar refractivity (Wildman–Crippen MR) is 178 cm³/mol. The maximum atomic E-state index is 13.3. The molecule has 3 aliphatic carbocycles. The lowest BCUT2D eigenvalue weighted by molar-refractivity contribution is -0.424. The van der Waals surface area contributed by atoms with Gasteiger partial charge in [-0.3, -0.25) is 0 Å². The fraction of sp³-hybridized carbons (Fsp3) is 0.432. The van der Waals surface area contributed by atoms with E-state index in [0.717, 1.165) is 24.3 Å². The molecule has 10 rings (SSSR count). The molecule has 9 N–H and O–H groups in total. The van der Waals surface area contributed by atoms with Crippen LogP contribution in [0, 0.1) is 11.3 Å². The van der Waals surface area contributed by atoms with E-state index >= 15 is 0 Å². The smallest absolute Gasteiger partial charge is 0.338 e. The Morgan fingerprint density at radius 1 is 0.768 bits per heavy atom. The average molecular weight is 785 g/mol. The molecule has 4 heterocycles. The second-order valence-corrected chi connectivity index (χ2v) is 14.7. The van der Waals surface area contributed by atoms with Gasteiger partial charge in [-0.1, -0.05) is 18.2 Å². The summed E-state index contributed by atoms with van der Waals surface area (Å²) >= 11 is 0. The van der Waals surface area contributed by atoms with E-state index in [0.29, 0.717) is 0 Å². The molecule has 3 aromatic rings. The molecule has 56 heavy (non-hydrogen) atoms. The van der Waals surface area contributed by atoms with Gasteiger partial charge in [-0.2, -0.15) is 0 Å². The number of aliphatic hydroxyl groups is 3. The number of aliphatic hydroxyl groups excluding tert-OH is 2. The number of aromatic hydroxyl groups is 6. The summed E-state index contributed by atoms with van der Waals surface area (Å²) in [5.41, 5.74) is -4.92. The van der Waals surface area contributed by atoms with Gasteiger partial charge in [-0.05, 0) is 49.7 Å². The van der Waals surface area contributed by atoms with Crippen molar-refractivity contribution in [1.82, 2.24) is 0 Å². The summed E-state index contributed by atoms with van der Waals surface area (Å²) in [5.74, 6) is -10.8. The largest absolute Gasteiger partial charge is 0.504 e. The summed E-state index contributed by atoms with van der Waals surface area (Å²) < 4.78 is 41.4. The maximum absolute atomic E-state index is 13.3. The van der Waals surface area contributed by atoms with Gasteiger partial charge in [0.2, 0.25) is 0 Å². The predicted octanol–water partition coefficient (Wildman–Crippen LogP) is 0.605. The number of hydrogen-bond acceptors (Lipinski definition) is 19. The van der Waals surface area contributed by atoms with Gasteiger partial charge in [0.25, 0.3) is 0 Å². The van der Waals surface area contributed by atoms with Gasteiger partial charge in [0.1, 0.15) is 42.7 Å². The van der Waals surface area contributed by atoms with Crippen molar-refractivity contribution in [2.24, 2.45) is 11.3 Å². The molecule has 0 amide bonds. The summed E-state index contributed by atoms with van der Waals surface area (Å²) in [6.45, 7) is 0.439. The minimum atomic E-state index is -2.02. The molecule has 3 aromatic carbocycles. The van der Waals surface area contributed by atoms with Gasteiger partial charge in [0.05, 0.1) is 22.1 Å². The maximum Gasteiger partial charge on any atom is 0.338 e. The highest BCUT2D eigenvalue weighted by Gasteiger charge is 2.94. The van der Waals surface area contributed by atoms with E-state index in [2.05, 4.69) is 0 Å². The van der Waals surface area contributed by atoms with E-state index in [1.165, 1.54) is 0 Å². The zero-order valence-electron chi connectivity index (χ0n) is 29.2. The molecular weight excluding hydrogens is 748 g/mol. The zero-order valence-corrected chi connectivity index (χ0v) is 29.2. The van der Waals surface area contributed by atoms with Crippen molar-refractivity contribution in [3.05, 3.63) is 71.3 Å². The van der Waals surface area contributed by atoms with Crippen molar-refractivity contribution < 1.29 is 93.5 Å². The Bertz CT molecular complexity index is 2060. The zero-order chi connectivity index (χ0) is 40.1. The third kappa shape index (κ3) is 5.34. The summed E-state index contributed by atoms with van der Waals surface area (Å²) in [7, 11) is 0. The molecule has 6 bridgehead atoms. The molecule has 3 saturated carbocycles. The van der Waals surface area contributed by atoms with Crippen LogP contribution in [-0.4, -0.2) is 131 Å². The molecule has 0 unspecified atom stereocenters. The number of phenolic OH excluding ortho intramolecular Hbond substituents is 6. The van der Waals surface area contributed by atoms with Crippen molar-refractivity contribution in [3.8, 4) is 34.5 Å². The Balaban J connectivity index is 1.10. The van der Waals surface area contributed by atoms with Crippen LogP contribution in [0.4, 0.5) is 0 Å². The normalized spacial score (nSPS) is 36.1. The van der Waals surface area contributed by atoms with Crippen LogP contribution in [0.5, 0.6) is 34.5 Å². The first-order valence-corrected chi connectivity index (χ1v) is 17.3. The number of hydrogen-bond donors (Lipinski definition) is 9. The Labute approximate surface area is 315 Å². The minimum absolute atomic E-state index is 0.0402. The number of rotatable bonds is 10. The molecule has 19 nitrogen and oxygen atoms in total. The Morgan fingerprint density at radius 3 is 1.95 bits per heavy atom. The number of benzene rings is 3. The summed E-state index contributed by atoms with van der Waals surface area (Å²) in [4.78, 5) is 39.4. The summed E-state index contributed by atoms with van der Waals surface area (Å²) in [6.07, 6.45) is -10.6. The Hall–Kier alpha value is -5.41. The van der Waals surface area contributed by atoms with Crippen LogP contribution in [0.1, 0.15) is 50.8 Å². The van der Waals surface area contributed by atoms with Crippen molar-refractivity contribution in [2.75, 3.05) is 13.2 Å². The highest BCUT2D eigenvalue weighted by molar-refractivity contribution is 5.92. The Kier molecular flexibility index (Phi) is 8.58. The van der Waals surface area contributed by atoms with Crippen LogP contribution in [-0.2, 0) is 33.2 Å². The Morgan fingerprint density at radius 2 is 1.34 bits per heavy atom. The molecule has 7 aliphatic rings. The molecule has 0 spiro atoms. The molecule has 0 aromatic heterocycles. The molecule has 19 heteroatoms. The van der Waals surface area contributed by atoms with Crippen LogP contribution in [0.15, 0.2) is 54.6 Å². The van der Waals surface area contributed by atoms with E-state index in [1.54, 1.807) is 37.3 Å². The molecule has 298 valence electrons. The lowest BCUT2D eigenvalue weighted by Gasteiger charge is -2.67. The first-order chi connectivity index (χ1) is 26.4. The fourth-order valence-electron chi connectivity index (χ4n) is 8.86. The molecule has 7 fully saturated rings. The van der Waals surface area contributed by atoms with Crippen molar-refractivity contribution in [2.45, 2.75) is 73.8 Å². The van der Waals surface area contributed by atoms with Crippen molar-refractivity contribution in [3.63, 3.8) is 0 Å². The van der Waals surface area contributed by atoms with Crippen LogP contribution in [0.3, 0.4) is 0 Å². The molecule has 4 saturated heterocycles. The number of ether oxygens (including phenoxy) is 7. The number of carbonyl (C=O) groups is 3. The first-order valence-electron chi connectivity index (χ1n) is 17.3. The highest BCUT2D eigenvalue weighted by Crippen LogP contribution is 2.81. The van der Waals surface area contributed by atoms with Gasteiger partial charge in [-0.25, -0.2) is 14.4 Å². The average Bonchev–Trinajstić information content (AvgIpc) is 3.35. The van der Waals surface area contributed by atoms with E-state index in [-0.39, 0.29) is 25.0 Å². The van der Waals surface area contributed by atoms with Gasteiger partial charge in [-0.15, -0.1) is 0 Å². The molecule has 0 radical (unpaired) electrons. The van der Waals surface area contributed by atoms with E-state index in [9.17, 15) is 60.3 Å². The van der Waals surface area contributed by atoms with Crippen LogP contribution in [0.2, 0.25) is 0 Å². The van der Waals surface area contributed by atoms with Crippen LogP contribution >= 0.6 is 0 Å². The van der Waals surface area contributed by atoms with Crippen LogP contribution < -0.4 is 0 Å². The quantitative estimate of drug-likeness (QED) is 0.0773. The topological polar surface area (TPSA) is 298 Å². The van der Waals surface area contributed by atoms with E-state index in [4.69, 9.17) is 33.2 Å². The number of esters is 3. The number of carbonyl (C=O) groups excluding carboxylic acids is 3. The van der Waals surface area contributed by atoms with Gasteiger partial charge in [0, 0.05) is 12.3 Å². The molecular formula is C37H36O19. The lowest BCUT2D eigenvalue weighted by Crippen LogP contribution is -2.80. The van der Waals surface area contributed by atoms with E-state index < -0.39 is 135 Å². The number of phenols is 6. The second-order valence-electron chi connectivity index (χ2n) is 14.7. The molecule has 4 aliphatic heterocycles. The third-order valence-corrected chi connectivity index (χ3v) is 11.6. The van der Waals surface area contributed by atoms with Crippen molar-refractivity contribution >= 4 is 17.9 Å². The standard InChI is InChI=1S/C37H36O19/c1-34-13-36(49)23-11-37(34,35(23,33(55-34)56-36)14-51-29(46)15-5-3-2-4-6-15)54-32-27(45)28(53-31(48)17-9-20(40)25(43)21(41)10-17)26(44)22(52-32)12-50-30(47)16-7-18(38)24(42)19(39)8-16/h2-10,22-23,26-28,32-33,38-45,49H,11-14H2,1H3/t22-,23+,26-,27-,28-,32+,33+,34+,35+,36-,37-/m1/s1. The lowest BCUT2D eigenvalue weighted by atomic mass is 9.41. The SMILES string of the molecule is C[C@@]12C[C@@]3(O)O[C@H](O1)[C@]1(COC(=O)c4ccccc4)[C@@H]3C[C@]12O[C@@H]1O[C@H](COC(=O)c2cc(O)c(O)c(O)c2)[C@@H](O)[C@@H](OC(=O)c2cc(O)c(O)c(O)c2)[C@H]1O. The van der Waals surface area contributed by atoms with Gasteiger partial charge >= 0.3 is 17.9 Å². The summed E-state index contributed by atoms with van der Waals surface area (Å²) in [6, 6.07) is 11.2. The molecule has 11 atom stereocenters. The van der Waals surface area contributed by atoms with Crippen molar-refractivity contribution in [1.29, 1.82) is 0 Å². The monoisotopic (exact) mass is 784 g/mol.